The second-order valence-corrected chi connectivity index (χ2v) is 7.53. The maximum absolute atomic E-state index is 12.4. The molecule has 0 saturated heterocycles. The smallest absolute Gasteiger partial charge is 0.307 e. The van der Waals surface area contributed by atoms with Gasteiger partial charge in [-0.25, -0.2) is 0 Å². The van der Waals surface area contributed by atoms with Gasteiger partial charge < -0.3 is 10.0 Å². The number of hydrogen-bond donors (Lipinski definition) is 1. The summed E-state index contributed by atoms with van der Waals surface area (Å²) in [6.45, 7) is 7.86. The third kappa shape index (κ3) is 2.74. The number of carbonyl (C=O) groups is 2. The Morgan fingerprint density at radius 1 is 1.18 bits per heavy atom. The van der Waals surface area contributed by atoms with Gasteiger partial charge in [-0.2, -0.15) is 0 Å². The molecule has 118 valence electrons. The van der Waals surface area contributed by atoms with Crippen LogP contribution in [0.4, 0.5) is 0 Å². The first kappa shape index (κ1) is 15.1. The topological polar surface area (TPSA) is 57.6 Å². The summed E-state index contributed by atoms with van der Waals surface area (Å²) in [5.74, 6) is -1.59. The zero-order chi connectivity index (χ0) is 16.1. The lowest BCUT2D eigenvalue weighted by molar-refractivity contribution is -0.142. The van der Waals surface area contributed by atoms with Crippen molar-refractivity contribution in [1.29, 1.82) is 0 Å². The molecule has 0 radical (unpaired) electrons. The molecular formula is C18H23NO3. The highest BCUT2D eigenvalue weighted by Gasteiger charge is 2.50. The Morgan fingerprint density at radius 2 is 1.91 bits per heavy atom. The first-order valence-corrected chi connectivity index (χ1v) is 7.91. The summed E-state index contributed by atoms with van der Waals surface area (Å²) in [7, 11) is 0. The Kier molecular flexibility index (Phi) is 3.50. The van der Waals surface area contributed by atoms with Crippen LogP contribution in [0.25, 0.3) is 0 Å². The molecule has 2 atom stereocenters. The normalized spacial score (nSPS) is 23.9. The van der Waals surface area contributed by atoms with Gasteiger partial charge in [-0.15, -0.1) is 0 Å². The average molecular weight is 301 g/mol. The molecule has 4 nitrogen and oxygen atoms in total. The van der Waals surface area contributed by atoms with Gasteiger partial charge in [-0.1, -0.05) is 39.0 Å². The summed E-state index contributed by atoms with van der Waals surface area (Å²) in [4.78, 5) is 25.2. The third-order valence-corrected chi connectivity index (χ3v) is 4.82. The van der Waals surface area contributed by atoms with Crippen molar-refractivity contribution in [2.24, 2.45) is 11.8 Å². The van der Waals surface area contributed by atoms with Crippen molar-refractivity contribution < 1.29 is 14.7 Å². The van der Waals surface area contributed by atoms with Crippen molar-refractivity contribution in [2.45, 2.75) is 45.6 Å². The van der Waals surface area contributed by atoms with E-state index in [2.05, 4.69) is 39.0 Å². The minimum atomic E-state index is -0.842. The summed E-state index contributed by atoms with van der Waals surface area (Å²) in [6.07, 6.45) is 1.36. The molecule has 0 bridgehead atoms. The van der Waals surface area contributed by atoms with E-state index in [-0.39, 0.29) is 17.2 Å². The standard InChI is InChI=1S/C18H23NO3/c1-18(2,3)13-5-4-11-6-7-19(10-12(11)8-13)16(20)14-9-15(14)17(21)22/h4-5,8,14-15H,6-7,9-10H2,1-3H3,(H,21,22). The number of benzene rings is 1. The number of fused-ring (bicyclic) bond motifs is 1. The highest BCUT2D eigenvalue weighted by atomic mass is 16.4. The monoisotopic (exact) mass is 301 g/mol. The Labute approximate surface area is 131 Å². The molecule has 2 aliphatic rings. The molecule has 1 amide bonds. The van der Waals surface area contributed by atoms with Crippen LogP contribution in [0.2, 0.25) is 0 Å². The quantitative estimate of drug-likeness (QED) is 0.913. The van der Waals surface area contributed by atoms with Crippen LogP contribution in [0.5, 0.6) is 0 Å². The van der Waals surface area contributed by atoms with Crippen LogP contribution in [-0.2, 0) is 28.0 Å². The minimum Gasteiger partial charge on any atom is -0.481 e. The van der Waals surface area contributed by atoms with Gasteiger partial charge >= 0.3 is 5.97 Å². The lowest BCUT2D eigenvalue weighted by Crippen LogP contribution is -2.37. The van der Waals surface area contributed by atoms with Gasteiger partial charge in [0.15, 0.2) is 0 Å². The largest absolute Gasteiger partial charge is 0.481 e. The molecule has 3 rings (SSSR count). The number of aliphatic carboxylic acids is 1. The molecule has 0 spiro atoms. The van der Waals surface area contributed by atoms with Crippen LogP contribution in [0.3, 0.4) is 0 Å². The number of hydrogen-bond acceptors (Lipinski definition) is 2. The zero-order valence-corrected chi connectivity index (χ0v) is 13.4. The highest BCUT2D eigenvalue weighted by molar-refractivity contribution is 5.89. The van der Waals surface area contributed by atoms with Crippen molar-refractivity contribution in [3.05, 3.63) is 34.9 Å². The van der Waals surface area contributed by atoms with Gasteiger partial charge in [0.25, 0.3) is 0 Å². The van der Waals surface area contributed by atoms with Crippen LogP contribution >= 0.6 is 0 Å². The molecule has 1 fully saturated rings. The van der Waals surface area contributed by atoms with Crippen molar-refractivity contribution in [2.75, 3.05) is 6.54 Å². The van der Waals surface area contributed by atoms with Crippen LogP contribution in [0.15, 0.2) is 18.2 Å². The number of amides is 1. The van der Waals surface area contributed by atoms with Gasteiger partial charge in [0.1, 0.15) is 0 Å². The lowest BCUT2D eigenvalue weighted by Gasteiger charge is -2.31. The van der Waals surface area contributed by atoms with E-state index in [0.29, 0.717) is 19.5 Å². The van der Waals surface area contributed by atoms with E-state index >= 15 is 0 Å². The van der Waals surface area contributed by atoms with E-state index < -0.39 is 11.9 Å². The molecule has 1 aliphatic heterocycles. The van der Waals surface area contributed by atoms with E-state index in [1.807, 2.05) is 4.90 Å². The number of carboxylic acid groups (broad SMARTS) is 1. The van der Waals surface area contributed by atoms with Crippen molar-refractivity contribution in [3.8, 4) is 0 Å². The fourth-order valence-electron chi connectivity index (χ4n) is 3.19. The van der Waals surface area contributed by atoms with Gasteiger partial charge in [0, 0.05) is 13.1 Å². The van der Waals surface area contributed by atoms with Crippen molar-refractivity contribution in [1.82, 2.24) is 4.90 Å². The van der Waals surface area contributed by atoms with Gasteiger partial charge in [0.2, 0.25) is 5.91 Å². The molecule has 1 heterocycles. The third-order valence-electron chi connectivity index (χ3n) is 4.82. The van der Waals surface area contributed by atoms with E-state index in [1.54, 1.807) is 0 Å². The lowest BCUT2D eigenvalue weighted by atomic mass is 9.84. The summed E-state index contributed by atoms with van der Waals surface area (Å²) in [6, 6.07) is 6.56. The van der Waals surface area contributed by atoms with Gasteiger partial charge in [0.05, 0.1) is 11.8 Å². The Morgan fingerprint density at radius 3 is 2.50 bits per heavy atom. The maximum atomic E-state index is 12.4. The number of rotatable bonds is 2. The Balaban J connectivity index is 1.76. The van der Waals surface area contributed by atoms with E-state index in [1.165, 1.54) is 16.7 Å². The Bertz CT molecular complexity index is 630. The maximum Gasteiger partial charge on any atom is 0.307 e. The molecule has 1 aromatic carbocycles. The molecule has 2 unspecified atom stereocenters. The summed E-state index contributed by atoms with van der Waals surface area (Å²) < 4.78 is 0. The first-order chi connectivity index (χ1) is 10.3. The molecular weight excluding hydrogens is 278 g/mol. The van der Waals surface area contributed by atoms with Crippen LogP contribution in [0.1, 0.15) is 43.9 Å². The SMILES string of the molecule is CC(C)(C)c1ccc2c(c1)CN(C(=O)C1CC1C(=O)O)CC2. The minimum absolute atomic E-state index is 0.0132. The van der Waals surface area contributed by atoms with E-state index in [4.69, 9.17) is 5.11 Å². The average Bonchev–Trinajstić information content (AvgIpc) is 3.25. The fourth-order valence-corrected chi connectivity index (χ4v) is 3.19. The van der Waals surface area contributed by atoms with Gasteiger partial charge in [-0.3, -0.25) is 9.59 Å². The van der Waals surface area contributed by atoms with Crippen LogP contribution in [0, 0.1) is 11.8 Å². The predicted octanol–water partition coefficient (Wildman–Crippen LogP) is 2.59. The summed E-state index contributed by atoms with van der Waals surface area (Å²) >= 11 is 0. The predicted molar refractivity (Wildman–Crippen MR) is 83.5 cm³/mol. The fraction of sp³-hybridized carbons (Fsp3) is 0.556. The molecule has 1 saturated carbocycles. The van der Waals surface area contributed by atoms with Crippen LogP contribution in [-0.4, -0.2) is 28.4 Å². The molecule has 4 heteroatoms. The molecule has 1 aromatic rings. The van der Waals surface area contributed by atoms with E-state index in [0.717, 1.165) is 6.42 Å². The Hall–Kier alpha value is -1.84. The van der Waals surface area contributed by atoms with Crippen LogP contribution < -0.4 is 0 Å². The van der Waals surface area contributed by atoms with Crippen molar-refractivity contribution in [3.63, 3.8) is 0 Å². The second-order valence-electron chi connectivity index (χ2n) is 7.53. The molecule has 0 aromatic heterocycles. The first-order valence-electron chi connectivity index (χ1n) is 7.91. The van der Waals surface area contributed by atoms with E-state index in [9.17, 15) is 9.59 Å². The molecule has 22 heavy (non-hydrogen) atoms. The highest BCUT2D eigenvalue weighted by Crippen LogP contribution is 2.41. The molecule has 1 N–H and O–H groups in total. The van der Waals surface area contributed by atoms with Gasteiger partial charge in [-0.05, 0) is 34.9 Å². The summed E-state index contributed by atoms with van der Waals surface area (Å²) in [5, 5.41) is 8.98. The van der Waals surface area contributed by atoms with Crippen molar-refractivity contribution >= 4 is 11.9 Å². The molecule has 1 aliphatic carbocycles. The number of carboxylic acids is 1. The summed E-state index contributed by atoms with van der Waals surface area (Å²) in [5.41, 5.74) is 3.88. The number of nitrogens with zero attached hydrogens (tertiary/aromatic N) is 1. The zero-order valence-electron chi connectivity index (χ0n) is 13.4. The second kappa shape index (κ2) is 5.11. The number of carbonyl (C=O) groups excluding carboxylic acids is 1.